The van der Waals surface area contributed by atoms with E-state index in [1.165, 1.54) is 70.8 Å². The van der Waals surface area contributed by atoms with Crippen LogP contribution in [-0.2, 0) is 16.2 Å². The van der Waals surface area contributed by atoms with E-state index in [1.54, 1.807) is 23.9 Å². The van der Waals surface area contributed by atoms with Crippen molar-refractivity contribution in [3.8, 4) is 22.6 Å². The number of pyridine rings is 1. The molecule has 1 aliphatic rings. The zero-order valence-corrected chi connectivity index (χ0v) is 33.5. The number of sulfonamides is 1. The number of aromatic hydroxyl groups is 1. The molecule has 2 amide bonds. The maximum atomic E-state index is 14.0. The third-order valence-electron chi connectivity index (χ3n) is 9.59. The van der Waals surface area contributed by atoms with E-state index >= 15 is 0 Å². The predicted octanol–water partition coefficient (Wildman–Crippen LogP) is 6.85. The number of thioether (sulfide) groups is 1. The van der Waals surface area contributed by atoms with Crippen LogP contribution in [-0.4, -0.2) is 88.4 Å². The lowest BCUT2D eigenvalue weighted by Crippen LogP contribution is -2.48. The molecule has 0 aliphatic carbocycles. The first kappa shape index (κ1) is 42.2. The summed E-state index contributed by atoms with van der Waals surface area (Å²) in [4.78, 5) is 45.6. The highest BCUT2D eigenvalue weighted by atomic mass is 32.2. The van der Waals surface area contributed by atoms with E-state index in [0.717, 1.165) is 23.1 Å². The normalized spacial score (nSPS) is 13.2. The van der Waals surface area contributed by atoms with Crippen molar-refractivity contribution in [3.63, 3.8) is 0 Å². The van der Waals surface area contributed by atoms with Gasteiger partial charge in [0.2, 0.25) is 0 Å². The first-order valence-corrected chi connectivity index (χ1v) is 20.9. The van der Waals surface area contributed by atoms with Gasteiger partial charge in [0.1, 0.15) is 11.4 Å². The predicted molar refractivity (Wildman–Crippen MR) is 221 cm³/mol. The van der Waals surface area contributed by atoms with Crippen molar-refractivity contribution in [1.82, 2.24) is 24.4 Å². The standard InChI is InChI=1S/C41H35F3N8O7S2/c42-41(43,44)31-18-28(19-33(21-31)51-26-30(24-47-51)29-20-34(53)25-45-23-29)40(55)50-15-13-49(14-16-50)32-8-6-27(7-9-32)39(54)48-61(58,59)36-10-11-37(38(22-36)52(56)57)46-12-17-60-35-4-2-1-3-5-35/h1-11,18-26,46,53H,12-17H2,(H,48,54). The van der Waals surface area contributed by atoms with Gasteiger partial charge in [-0.2, -0.15) is 18.3 Å². The fraction of sp³-hybridized carbons (Fsp3) is 0.171. The number of hydrogen-bond donors (Lipinski definition) is 3. The van der Waals surface area contributed by atoms with E-state index in [9.17, 15) is 46.4 Å². The van der Waals surface area contributed by atoms with Gasteiger partial charge in [-0.25, -0.2) is 17.8 Å². The Kier molecular flexibility index (Phi) is 12.3. The maximum absolute atomic E-state index is 14.0. The van der Waals surface area contributed by atoms with Crippen molar-refractivity contribution in [2.45, 2.75) is 16.0 Å². The number of halogens is 3. The molecule has 3 heterocycles. The average Bonchev–Trinajstić information content (AvgIpc) is 3.76. The molecule has 1 aliphatic heterocycles. The Labute approximate surface area is 351 Å². The van der Waals surface area contributed by atoms with Gasteiger partial charge in [0.05, 0.1) is 33.5 Å². The number of piperazine rings is 1. The summed E-state index contributed by atoms with van der Waals surface area (Å²) in [5.74, 6) is -1.08. The molecule has 7 rings (SSSR count). The Morgan fingerprint density at radius 1 is 0.852 bits per heavy atom. The van der Waals surface area contributed by atoms with Gasteiger partial charge in [0.15, 0.2) is 0 Å². The Balaban J connectivity index is 0.965. The van der Waals surface area contributed by atoms with Crippen LogP contribution < -0.4 is 14.9 Å². The van der Waals surface area contributed by atoms with Gasteiger partial charge in [-0.3, -0.25) is 24.7 Å². The van der Waals surface area contributed by atoms with E-state index < -0.39 is 49.1 Å². The van der Waals surface area contributed by atoms with Crippen LogP contribution in [0, 0.1) is 10.1 Å². The molecule has 6 aromatic rings. The molecule has 0 spiro atoms. The second kappa shape index (κ2) is 17.7. The second-order valence-corrected chi connectivity index (χ2v) is 16.5. The summed E-state index contributed by atoms with van der Waals surface area (Å²) >= 11 is 1.55. The number of carbonyl (C=O) groups excluding carboxylic acids is 2. The molecule has 15 nitrogen and oxygen atoms in total. The monoisotopic (exact) mass is 872 g/mol. The number of nitrogens with zero attached hydrogens (tertiary/aromatic N) is 6. The number of nitrogens with one attached hydrogen (secondary N) is 2. The molecular weight excluding hydrogens is 838 g/mol. The number of amides is 2. The smallest absolute Gasteiger partial charge is 0.416 e. The fourth-order valence-corrected chi connectivity index (χ4v) is 8.28. The van der Waals surface area contributed by atoms with Gasteiger partial charge in [0.25, 0.3) is 27.5 Å². The number of alkyl halides is 3. The van der Waals surface area contributed by atoms with Gasteiger partial charge < -0.3 is 20.2 Å². The van der Waals surface area contributed by atoms with Crippen LogP contribution in [0.15, 0.2) is 132 Å². The summed E-state index contributed by atoms with van der Waals surface area (Å²) in [6.45, 7) is 1.29. The number of benzene rings is 4. The van der Waals surface area contributed by atoms with Gasteiger partial charge in [0, 0.05) is 89.8 Å². The highest BCUT2D eigenvalue weighted by Gasteiger charge is 2.33. The van der Waals surface area contributed by atoms with Gasteiger partial charge in [-0.1, -0.05) is 18.2 Å². The maximum Gasteiger partial charge on any atom is 0.416 e. The summed E-state index contributed by atoms with van der Waals surface area (Å²) in [5, 5.41) is 28.8. The molecule has 1 saturated heterocycles. The first-order valence-electron chi connectivity index (χ1n) is 18.5. The zero-order chi connectivity index (χ0) is 43.3. The summed E-state index contributed by atoms with van der Waals surface area (Å²) in [6, 6.07) is 23.3. The van der Waals surface area contributed by atoms with E-state index in [4.69, 9.17) is 0 Å². The van der Waals surface area contributed by atoms with Crippen molar-refractivity contribution in [2.24, 2.45) is 0 Å². The van der Waals surface area contributed by atoms with E-state index in [2.05, 4.69) is 15.4 Å². The average molecular weight is 873 g/mol. The Hall–Kier alpha value is -6.93. The van der Waals surface area contributed by atoms with Crippen LogP contribution in [0.1, 0.15) is 26.3 Å². The minimum atomic E-state index is -4.76. The molecule has 0 unspecified atom stereocenters. The van der Waals surface area contributed by atoms with Crippen molar-refractivity contribution in [1.29, 1.82) is 0 Å². The Morgan fingerprint density at radius 3 is 2.28 bits per heavy atom. The van der Waals surface area contributed by atoms with Crippen molar-refractivity contribution in [3.05, 3.63) is 149 Å². The molecule has 2 aromatic heterocycles. The van der Waals surface area contributed by atoms with Crippen LogP contribution in [0.5, 0.6) is 5.75 Å². The van der Waals surface area contributed by atoms with Gasteiger partial charge >= 0.3 is 6.18 Å². The van der Waals surface area contributed by atoms with Crippen molar-refractivity contribution in [2.75, 3.05) is 48.7 Å². The van der Waals surface area contributed by atoms with Gasteiger partial charge in [-0.15, -0.1) is 11.8 Å². The molecule has 0 saturated carbocycles. The molecule has 3 N–H and O–H groups in total. The minimum absolute atomic E-state index is 0.00431. The third-order valence-corrected chi connectivity index (χ3v) is 11.9. The molecular formula is C41H35F3N8O7S2. The summed E-state index contributed by atoms with van der Waals surface area (Å²) in [7, 11) is -4.51. The molecule has 1 fully saturated rings. The van der Waals surface area contributed by atoms with Crippen LogP contribution >= 0.6 is 11.8 Å². The first-order chi connectivity index (χ1) is 29.1. The highest BCUT2D eigenvalue weighted by molar-refractivity contribution is 7.99. The SMILES string of the molecule is O=C(NS(=O)(=O)c1ccc(NCCSc2ccccc2)c([N+](=O)[O-])c1)c1ccc(N2CCN(C(=O)c3cc(-n4cc(-c5cncc(O)c5)cn4)cc(C(F)(F)F)c3)CC2)cc1. The fourth-order valence-electron chi connectivity index (χ4n) is 6.49. The van der Waals surface area contributed by atoms with Crippen LogP contribution in [0.2, 0.25) is 0 Å². The molecule has 0 atom stereocenters. The van der Waals surface area contributed by atoms with E-state index in [1.807, 2.05) is 40.0 Å². The summed E-state index contributed by atoms with van der Waals surface area (Å²) < 4.78 is 71.5. The van der Waals surface area contributed by atoms with Crippen molar-refractivity contribution >= 4 is 50.7 Å². The minimum Gasteiger partial charge on any atom is -0.506 e. The van der Waals surface area contributed by atoms with E-state index in [-0.39, 0.29) is 41.3 Å². The Bertz CT molecular complexity index is 2690. The summed E-state index contributed by atoms with van der Waals surface area (Å²) in [5.41, 5.74) is 0.0496. The largest absolute Gasteiger partial charge is 0.506 e. The number of hydrogen-bond acceptors (Lipinski definition) is 12. The summed E-state index contributed by atoms with van der Waals surface area (Å²) in [6.07, 6.45) is 0.816. The highest BCUT2D eigenvalue weighted by Crippen LogP contribution is 2.33. The number of anilines is 2. The van der Waals surface area contributed by atoms with Crippen molar-refractivity contribution < 1.29 is 41.2 Å². The quantitative estimate of drug-likeness (QED) is 0.0474. The lowest BCUT2D eigenvalue weighted by atomic mass is 10.1. The van der Waals surface area contributed by atoms with Crippen LogP contribution in [0.3, 0.4) is 0 Å². The number of rotatable bonds is 13. The lowest BCUT2D eigenvalue weighted by Gasteiger charge is -2.36. The molecule has 20 heteroatoms. The molecule has 61 heavy (non-hydrogen) atoms. The lowest BCUT2D eigenvalue weighted by molar-refractivity contribution is -0.384. The molecule has 314 valence electrons. The number of nitro benzene ring substituents is 1. The number of carbonyl (C=O) groups is 2. The molecule has 0 radical (unpaired) electrons. The van der Waals surface area contributed by atoms with E-state index in [0.29, 0.717) is 42.2 Å². The van der Waals surface area contributed by atoms with Gasteiger partial charge in [-0.05, 0) is 72.8 Å². The third kappa shape index (κ3) is 10.1. The second-order valence-electron chi connectivity index (χ2n) is 13.7. The molecule has 4 aromatic carbocycles. The van der Waals surface area contributed by atoms with Crippen LogP contribution in [0.25, 0.3) is 16.8 Å². The zero-order valence-electron chi connectivity index (χ0n) is 31.8. The van der Waals surface area contributed by atoms with Crippen LogP contribution in [0.4, 0.5) is 30.2 Å². The number of nitro groups is 1. The topological polar surface area (TPSA) is 193 Å². The Morgan fingerprint density at radius 2 is 1.59 bits per heavy atom. The number of aromatic nitrogens is 3. The molecule has 0 bridgehead atoms.